The Bertz CT molecular complexity index is 929. The summed E-state index contributed by atoms with van der Waals surface area (Å²) in [5, 5.41) is 3.48. The van der Waals surface area contributed by atoms with E-state index in [4.69, 9.17) is 18.9 Å². The van der Waals surface area contributed by atoms with Gasteiger partial charge >= 0.3 is 0 Å². The second-order valence-electron chi connectivity index (χ2n) is 7.38. The molecule has 2 aliphatic heterocycles. The number of hydrogen-bond donors (Lipinski definition) is 1. The first-order valence-corrected chi connectivity index (χ1v) is 10.3. The van der Waals surface area contributed by atoms with Crippen molar-refractivity contribution in [2.45, 2.75) is 25.9 Å². The summed E-state index contributed by atoms with van der Waals surface area (Å²) in [5.41, 5.74) is 3.66. The number of ether oxygens (including phenoxy) is 4. The molecule has 0 aromatic heterocycles. The second-order valence-corrected chi connectivity index (χ2v) is 7.38. The maximum absolute atomic E-state index is 5.80. The fraction of sp³-hybridized carbons (Fsp3) is 0.435. The van der Waals surface area contributed by atoms with Crippen molar-refractivity contribution in [3.8, 4) is 23.0 Å². The average molecular weight is 412 g/mol. The maximum Gasteiger partial charge on any atom is 0.194 e. The molecule has 2 aromatic carbocycles. The van der Waals surface area contributed by atoms with E-state index in [0.717, 1.165) is 60.5 Å². The number of hydrogen-bond acceptors (Lipinski definition) is 5. The minimum Gasteiger partial charge on any atom is -0.493 e. The molecule has 1 N–H and O–H groups in total. The Kier molecular flexibility index (Phi) is 6.16. The molecule has 0 amide bonds. The van der Waals surface area contributed by atoms with Crippen molar-refractivity contribution in [1.82, 2.24) is 10.2 Å². The molecule has 2 aromatic rings. The van der Waals surface area contributed by atoms with Crippen LogP contribution >= 0.6 is 0 Å². The Morgan fingerprint density at radius 1 is 1.03 bits per heavy atom. The highest BCUT2D eigenvalue weighted by Gasteiger charge is 2.22. The summed E-state index contributed by atoms with van der Waals surface area (Å²) < 4.78 is 22.4. The predicted octanol–water partition coefficient (Wildman–Crippen LogP) is 3.00. The van der Waals surface area contributed by atoms with Crippen LogP contribution in [0.1, 0.15) is 23.1 Å². The third kappa shape index (κ3) is 4.25. The lowest BCUT2D eigenvalue weighted by atomic mass is 9.99. The largest absolute Gasteiger partial charge is 0.493 e. The van der Waals surface area contributed by atoms with Crippen LogP contribution in [0.25, 0.3) is 0 Å². The van der Waals surface area contributed by atoms with Crippen LogP contribution in [0.5, 0.6) is 23.0 Å². The van der Waals surface area contributed by atoms with Crippen LogP contribution in [0.15, 0.2) is 35.3 Å². The number of benzene rings is 2. The molecule has 0 unspecified atom stereocenters. The SMILES string of the molecule is CN=C(NCc1ccc2c(c1)OCCCO2)N1CCc2cc(OC)c(OC)cc2C1. The zero-order chi connectivity index (χ0) is 20.9. The van der Waals surface area contributed by atoms with Gasteiger partial charge in [-0.05, 0) is 47.4 Å². The van der Waals surface area contributed by atoms with Crippen molar-refractivity contribution in [1.29, 1.82) is 0 Å². The fourth-order valence-electron chi connectivity index (χ4n) is 3.90. The van der Waals surface area contributed by atoms with Gasteiger partial charge in [-0.15, -0.1) is 0 Å². The smallest absolute Gasteiger partial charge is 0.194 e. The summed E-state index contributed by atoms with van der Waals surface area (Å²) in [6.45, 7) is 3.72. The molecule has 160 valence electrons. The van der Waals surface area contributed by atoms with Gasteiger partial charge in [0.05, 0.1) is 27.4 Å². The summed E-state index contributed by atoms with van der Waals surface area (Å²) >= 11 is 0. The van der Waals surface area contributed by atoms with Crippen molar-refractivity contribution in [2.75, 3.05) is 41.0 Å². The number of aliphatic imine (C=N–C) groups is 1. The van der Waals surface area contributed by atoms with Gasteiger partial charge in [0.15, 0.2) is 29.0 Å². The molecular formula is C23H29N3O4. The van der Waals surface area contributed by atoms with E-state index in [-0.39, 0.29) is 0 Å². The number of nitrogens with one attached hydrogen (secondary N) is 1. The monoisotopic (exact) mass is 411 g/mol. The van der Waals surface area contributed by atoms with E-state index in [2.05, 4.69) is 33.4 Å². The van der Waals surface area contributed by atoms with E-state index in [9.17, 15) is 0 Å². The molecule has 0 fully saturated rings. The van der Waals surface area contributed by atoms with Gasteiger partial charge in [0.1, 0.15) is 0 Å². The zero-order valence-corrected chi connectivity index (χ0v) is 17.9. The van der Waals surface area contributed by atoms with E-state index in [1.165, 1.54) is 11.1 Å². The van der Waals surface area contributed by atoms with Gasteiger partial charge in [-0.2, -0.15) is 0 Å². The van der Waals surface area contributed by atoms with E-state index >= 15 is 0 Å². The third-order valence-corrected chi connectivity index (χ3v) is 5.49. The van der Waals surface area contributed by atoms with Crippen LogP contribution in [0.2, 0.25) is 0 Å². The molecule has 0 radical (unpaired) electrons. The molecule has 0 atom stereocenters. The van der Waals surface area contributed by atoms with Crippen LogP contribution in [0, 0.1) is 0 Å². The van der Waals surface area contributed by atoms with Gasteiger partial charge in [0.2, 0.25) is 0 Å². The molecular weight excluding hydrogens is 382 g/mol. The molecule has 30 heavy (non-hydrogen) atoms. The van der Waals surface area contributed by atoms with Crippen LogP contribution in [-0.4, -0.2) is 51.9 Å². The van der Waals surface area contributed by atoms with Gasteiger partial charge in [-0.1, -0.05) is 6.07 Å². The average Bonchev–Trinajstić information content (AvgIpc) is 3.03. The van der Waals surface area contributed by atoms with Gasteiger partial charge in [-0.3, -0.25) is 4.99 Å². The Labute approximate surface area is 177 Å². The van der Waals surface area contributed by atoms with Crippen molar-refractivity contribution in [2.24, 2.45) is 4.99 Å². The molecule has 0 saturated heterocycles. The lowest BCUT2D eigenvalue weighted by molar-refractivity contribution is 0.297. The first-order valence-electron chi connectivity index (χ1n) is 10.3. The van der Waals surface area contributed by atoms with Crippen molar-refractivity contribution < 1.29 is 18.9 Å². The molecule has 0 aliphatic carbocycles. The van der Waals surface area contributed by atoms with Crippen LogP contribution in [0.3, 0.4) is 0 Å². The summed E-state index contributed by atoms with van der Waals surface area (Å²) in [7, 11) is 5.16. The first kappa shape index (κ1) is 20.2. The minimum absolute atomic E-state index is 0.665. The molecule has 0 spiro atoms. The number of fused-ring (bicyclic) bond motifs is 2. The van der Waals surface area contributed by atoms with Crippen LogP contribution < -0.4 is 24.3 Å². The molecule has 7 nitrogen and oxygen atoms in total. The Balaban J connectivity index is 1.43. The number of nitrogens with zero attached hydrogens (tertiary/aromatic N) is 2. The van der Waals surface area contributed by atoms with Gasteiger partial charge in [0, 0.05) is 33.1 Å². The quantitative estimate of drug-likeness (QED) is 0.616. The topological polar surface area (TPSA) is 64.6 Å². The number of rotatable bonds is 4. The highest BCUT2D eigenvalue weighted by atomic mass is 16.5. The number of methoxy groups -OCH3 is 2. The fourth-order valence-corrected chi connectivity index (χ4v) is 3.90. The predicted molar refractivity (Wildman–Crippen MR) is 116 cm³/mol. The zero-order valence-electron chi connectivity index (χ0n) is 17.9. The molecule has 2 heterocycles. The standard InChI is InChI=1S/C23H29N3O4/c1-24-23(25-14-16-5-6-19-22(11-16)30-10-4-9-29-19)26-8-7-17-12-20(27-2)21(28-3)13-18(17)15-26/h5-6,11-13H,4,7-10,14-15H2,1-3H3,(H,24,25). The van der Waals surface area contributed by atoms with Crippen molar-refractivity contribution in [3.63, 3.8) is 0 Å². The van der Waals surface area contributed by atoms with E-state index in [1.807, 2.05) is 19.2 Å². The Morgan fingerprint density at radius 2 is 1.77 bits per heavy atom. The van der Waals surface area contributed by atoms with E-state index in [0.29, 0.717) is 19.8 Å². The Hall–Kier alpha value is -3.09. The Morgan fingerprint density at radius 3 is 2.50 bits per heavy atom. The second kappa shape index (κ2) is 9.15. The van der Waals surface area contributed by atoms with Gasteiger partial charge in [0.25, 0.3) is 0 Å². The van der Waals surface area contributed by atoms with Gasteiger partial charge in [-0.25, -0.2) is 0 Å². The van der Waals surface area contributed by atoms with Gasteiger partial charge < -0.3 is 29.2 Å². The molecule has 7 heteroatoms. The summed E-state index contributed by atoms with van der Waals surface area (Å²) in [5.74, 6) is 4.05. The molecule has 4 rings (SSSR count). The van der Waals surface area contributed by atoms with Crippen molar-refractivity contribution >= 4 is 5.96 Å². The molecule has 2 aliphatic rings. The summed E-state index contributed by atoms with van der Waals surface area (Å²) in [6.07, 6.45) is 1.84. The molecule has 0 saturated carbocycles. The number of guanidine groups is 1. The van der Waals surface area contributed by atoms with E-state index < -0.39 is 0 Å². The highest BCUT2D eigenvalue weighted by molar-refractivity contribution is 5.80. The van der Waals surface area contributed by atoms with Crippen LogP contribution in [0.4, 0.5) is 0 Å². The third-order valence-electron chi connectivity index (χ3n) is 5.49. The summed E-state index contributed by atoms with van der Waals surface area (Å²) in [4.78, 5) is 6.76. The normalized spacial score (nSPS) is 15.8. The first-order chi connectivity index (χ1) is 14.7. The van der Waals surface area contributed by atoms with Crippen LogP contribution in [-0.2, 0) is 19.5 Å². The summed E-state index contributed by atoms with van der Waals surface area (Å²) in [6, 6.07) is 10.2. The maximum atomic E-state index is 5.80. The minimum atomic E-state index is 0.665. The lowest BCUT2D eigenvalue weighted by Crippen LogP contribution is -2.43. The van der Waals surface area contributed by atoms with E-state index in [1.54, 1.807) is 14.2 Å². The molecule has 0 bridgehead atoms. The lowest BCUT2D eigenvalue weighted by Gasteiger charge is -2.32. The highest BCUT2D eigenvalue weighted by Crippen LogP contribution is 2.33. The van der Waals surface area contributed by atoms with Crippen molar-refractivity contribution in [3.05, 3.63) is 47.0 Å².